The molecule has 0 N–H and O–H groups in total. The molecule has 0 amide bonds. The molecule has 0 bridgehead atoms. The Labute approximate surface area is 116 Å². The Bertz CT molecular complexity index is 571. The fourth-order valence-corrected chi connectivity index (χ4v) is 2.05. The SMILES string of the molecule is COCCn1c(CCl)nnc1-c1ccc(F)c(C)c1. The zero-order valence-corrected chi connectivity index (χ0v) is 11.6. The molecule has 1 aromatic heterocycles. The Balaban J connectivity index is 2.42. The number of aromatic nitrogens is 3. The summed E-state index contributed by atoms with van der Waals surface area (Å²) in [5.74, 6) is 1.40. The second-order valence-electron chi connectivity index (χ2n) is 4.18. The van der Waals surface area contributed by atoms with E-state index in [1.165, 1.54) is 6.07 Å². The molecule has 1 heterocycles. The maximum Gasteiger partial charge on any atom is 0.164 e. The van der Waals surface area contributed by atoms with Gasteiger partial charge in [0.1, 0.15) is 11.6 Å². The molecule has 0 aliphatic heterocycles. The van der Waals surface area contributed by atoms with E-state index in [1.54, 1.807) is 26.2 Å². The molecule has 0 aliphatic carbocycles. The number of alkyl halides is 1. The van der Waals surface area contributed by atoms with Gasteiger partial charge in [-0.05, 0) is 30.7 Å². The molecule has 4 nitrogen and oxygen atoms in total. The van der Waals surface area contributed by atoms with Gasteiger partial charge in [-0.2, -0.15) is 0 Å². The number of nitrogens with zero attached hydrogens (tertiary/aromatic N) is 3. The van der Waals surface area contributed by atoms with Gasteiger partial charge in [0.05, 0.1) is 12.5 Å². The molecule has 0 radical (unpaired) electrons. The number of rotatable bonds is 5. The molecule has 0 fully saturated rings. The van der Waals surface area contributed by atoms with Gasteiger partial charge in [-0.15, -0.1) is 21.8 Å². The zero-order chi connectivity index (χ0) is 13.8. The van der Waals surface area contributed by atoms with Crippen molar-refractivity contribution < 1.29 is 9.13 Å². The smallest absolute Gasteiger partial charge is 0.164 e. The van der Waals surface area contributed by atoms with Crippen molar-refractivity contribution in [1.82, 2.24) is 14.8 Å². The monoisotopic (exact) mass is 283 g/mol. The summed E-state index contributed by atoms with van der Waals surface area (Å²) in [6.07, 6.45) is 0. The van der Waals surface area contributed by atoms with E-state index < -0.39 is 0 Å². The van der Waals surface area contributed by atoms with Gasteiger partial charge >= 0.3 is 0 Å². The Morgan fingerprint density at radius 3 is 2.79 bits per heavy atom. The van der Waals surface area contributed by atoms with Gasteiger partial charge in [-0.1, -0.05) is 0 Å². The number of aryl methyl sites for hydroxylation is 1. The molecule has 2 rings (SSSR count). The van der Waals surface area contributed by atoms with Crippen LogP contribution in [0.2, 0.25) is 0 Å². The molecule has 6 heteroatoms. The van der Waals surface area contributed by atoms with E-state index in [1.807, 2.05) is 4.57 Å². The highest BCUT2D eigenvalue weighted by Gasteiger charge is 2.13. The number of methoxy groups -OCH3 is 1. The van der Waals surface area contributed by atoms with Crippen molar-refractivity contribution in [3.05, 3.63) is 35.4 Å². The van der Waals surface area contributed by atoms with Gasteiger partial charge in [0, 0.05) is 19.2 Å². The number of hydrogen-bond donors (Lipinski definition) is 0. The Morgan fingerprint density at radius 1 is 1.37 bits per heavy atom. The van der Waals surface area contributed by atoms with E-state index in [-0.39, 0.29) is 11.7 Å². The summed E-state index contributed by atoms with van der Waals surface area (Å²) in [7, 11) is 1.63. The maximum absolute atomic E-state index is 13.3. The highest BCUT2D eigenvalue weighted by atomic mass is 35.5. The van der Waals surface area contributed by atoms with Crippen molar-refractivity contribution in [3.8, 4) is 11.4 Å². The van der Waals surface area contributed by atoms with Gasteiger partial charge in [0.2, 0.25) is 0 Å². The minimum absolute atomic E-state index is 0.232. The van der Waals surface area contributed by atoms with E-state index in [0.717, 1.165) is 5.56 Å². The number of halogens is 2. The van der Waals surface area contributed by atoms with Crippen LogP contribution in [0.3, 0.4) is 0 Å². The predicted molar refractivity (Wildman–Crippen MR) is 71.6 cm³/mol. The molecule has 102 valence electrons. The lowest BCUT2D eigenvalue weighted by Gasteiger charge is -2.09. The summed E-state index contributed by atoms with van der Waals surface area (Å²) < 4.78 is 20.3. The Hall–Kier alpha value is -1.46. The van der Waals surface area contributed by atoms with E-state index in [2.05, 4.69) is 10.2 Å². The summed E-state index contributed by atoms with van der Waals surface area (Å²) in [5.41, 5.74) is 1.39. The van der Waals surface area contributed by atoms with Crippen molar-refractivity contribution in [2.75, 3.05) is 13.7 Å². The number of hydrogen-bond acceptors (Lipinski definition) is 3. The largest absolute Gasteiger partial charge is 0.383 e. The van der Waals surface area contributed by atoms with Crippen LogP contribution in [0.25, 0.3) is 11.4 Å². The zero-order valence-electron chi connectivity index (χ0n) is 10.9. The van der Waals surface area contributed by atoms with Crippen molar-refractivity contribution in [1.29, 1.82) is 0 Å². The fraction of sp³-hybridized carbons (Fsp3) is 0.385. The second kappa shape index (κ2) is 6.12. The van der Waals surface area contributed by atoms with E-state index >= 15 is 0 Å². The van der Waals surface area contributed by atoms with Crippen molar-refractivity contribution >= 4 is 11.6 Å². The van der Waals surface area contributed by atoms with Gasteiger partial charge < -0.3 is 9.30 Å². The van der Waals surface area contributed by atoms with E-state index in [0.29, 0.717) is 30.4 Å². The first-order valence-corrected chi connectivity index (χ1v) is 6.44. The van der Waals surface area contributed by atoms with Gasteiger partial charge in [0.15, 0.2) is 5.82 Å². The van der Waals surface area contributed by atoms with Crippen molar-refractivity contribution in [3.63, 3.8) is 0 Å². The van der Waals surface area contributed by atoms with Gasteiger partial charge in [-0.25, -0.2) is 4.39 Å². The number of ether oxygens (including phenoxy) is 1. The summed E-state index contributed by atoms with van der Waals surface area (Å²) >= 11 is 5.84. The van der Waals surface area contributed by atoms with Crippen LogP contribution in [-0.2, 0) is 17.2 Å². The average Bonchev–Trinajstić information content (AvgIpc) is 2.82. The summed E-state index contributed by atoms with van der Waals surface area (Å²) in [5, 5.41) is 8.18. The van der Waals surface area contributed by atoms with Crippen LogP contribution >= 0.6 is 11.6 Å². The summed E-state index contributed by atoms with van der Waals surface area (Å²) in [4.78, 5) is 0. The Kier molecular flexibility index (Phi) is 4.50. The molecule has 0 atom stereocenters. The minimum Gasteiger partial charge on any atom is -0.383 e. The van der Waals surface area contributed by atoms with Crippen molar-refractivity contribution in [2.45, 2.75) is 19.3 Å². The van der Waals surface area contributed by atoms with Crippen LogP contribution in [0.5, 0.6) is 0 Å². The van der Waals surface area contributed by atoms with Gasteiger partial charge in [-0.3, -0.25) is 0 Å². The predicted octanol–water partition coefficient (Wildman–Crippen LogP) is 2.78. The standard InChI is InChI=1S/C13H15ClFN3O/c1-9-7-10(3-4-11(9)15)13-17-16-12(8-14)18(13)5-6-19-2/h3-4,7H,5-6,8H2,1-2H3. The third kappa shape index (κ3) is 2.93. The quantitative estimate of drug-likeness (QED) is 0.792. The fourth-order valence-electron chi connectivity index (χ4n) is 1.85. The molecule has 0 spiro atoms. The third-order valence-corrected chi connectivity index (χ3v) is 3.12. The first-order chi connectivity index (χ1) is 9.17. The Morgan fingerprint density at radius 2 is 2.16 bits per heavy atom. The normalized spacial score (nSPS) is 10.9. The highest BCUT2D eigenvalue weighted by Crippen LogP contribution is 2.21. The second-order valence-corrected chi connectivity index (χ2v) is 4.45. The molecule has 19 heavy (non-hydrogen) atoms. The lowest BCUT2D eigenvalue weighted by atomic mass is 10.1. The van der Waals surface area contributed by atoms with Crippen molar-refractivity contribution in [2.24, 2.45) is 0 Å². The molecule has 0 aliphatic rings. The summed E-state index contributed by atoms with van der Waals surface area (Å²) in [6.45, 7) is 2.86. The first-order valence-electron chi connectivity index (χ1n) is 5.91. The molecule has 1 aromatic carbocycles. The van der Waals surface area contributed by atoms with Crippen LogP contribution in [-0.4, -0.2) is 28.5 Å². The summed E-state index contributed by atoms with van der Waals surface area (Å²) in [6, 6.07) is 4.87. The third-order valence-electron chi connectivity index (χ3n) is 2.88. The van der Waals surface area contributed by atoms with E-state index in [9.17, 15) is 4.39 Å². The topological polar surface area (TPSA) is 39.9 Å². The molecule has 0 saturated heterocycles. The first kappa shape index (κ1) is 14.0. The maximum atomic E-state index is 13.3. The average molecular weight is 284 g/mol. The molecule has 2 aromatic rings. The van der Waals surface area contributed by atoms with Crippen LogP contribution in [0.15, 0.2) is 18.2 Å². The van der Waals surface area contributed by atoms with E-state index in [4.69, 9.17) is 16.3 Å². The van der Waals surface area contributed by atoms with Crippen LogP contribution < -0.4 is 0 Å². The minimum atomic E-state index is -0.232. The van der Waals surface area contributed by atoms with Crippen LogP contribution in [0.4, 0.5) is 4.39 Å². The molecule has 0 unspecified atom stereocenters. The van der Waals surface area contributed by atoms with Crippen LogP contribution in [0.1, 0.15) is 11.4 Å². The molecule has 0 saturated carbocycles. The molecular formula is C13H15ClFN3O. The molecular weight excluding hydrogens is 269 g/mol. The lowest BCUT2D eigenvalue weighted by Crippen LogP contribution is -2.09. The van der Waals surface area contributed by atoms with Crippen LogP contribution in [0, 0.1) is 12.7 Å². The lowest BCUT2D eigenvalue weighted by molar-refractivity contribution is 0.187. The number of benzene rings is 1. The highest BCUT2D eigenvalue weighted by molar-refractivity contribution is 6.16. The van der Waals surface area contributed by atoms with Gasteiger partial charge in [0.25, 0.3) is 0 Å².